The van der Waals surface area contributed by atoms with Crippen LogP contribution in [0.4, 0.5) is 16.0 Å². The molecule has 3 aromatic heterocycles. The molecular weight excluding hydrogens is 397 g/mol. The summed E-state index contributed by atoms with van der Waals surface area (Å²) in [5, 5.41) is 6.62. The number of pyridine rings is 1. The van der Waals surface area contributed by atoms with E-state index in [-0.39, 0.29) is 5.82 Å². The van der Waals surface area contributed by atoms with Crippen LogP contribution in [0.5, 0.6) is 0 Å². The second kappa shape index (κ2) is 7.35. The third kappa shape index (κ3) is 3.33. The summed E-state index contributed by atoms with van der Waals surface area (Å²) in [5.41, 5.74) is 9.49. The molecule has 0 spiro atoms. The molecule has 0 radical (unpaired) electrons. The van der Waals surface area contributed by atoms with E-state index < -0.39 is 5.91 Å². The zero-order valence-corrected chi connectivity index (χ0v) is 16.8. The van der Waals surface area contributed by atoms with Crippen LogP contribution in [-0.2, 0) is 13.0 Å². The molecule has 1 aliphatic heterocycles. The van der Waals surface area contributed by atoms with Gasteiger partial charge in [0.2, 0.25) is 0 Å². The average molecular weight is 417 g/mol. The maximum absolute atomic E-state index is 13.5. The molecule has 1 aromatic carbocycles. The molecule has 0 bridgehead atoms. The van der Waals surface area contributed by atoms with E-state index in [9.17, 15) is 9.18 Å². The lowest BCUT2D eigenvalue weighted by atomic mass is 10.2. The predicted octanol–water partition coefficient (Wildman–Crippen LogP) is 2.92. The van der Waals surface area contributed by atoms with Crippen LogP contribution in [0.25, 0.3) is 17.2 Å². The first kappa shape index (κ1) is 19.0. The van der Waals surface area contributed by atoms with Crippen molar-refractivity contribution in [3.05, 3.63) is 70.8 Å². The summed E-state index contributed by atoms with van der Waals surface area (Å²) >= 11 is 0. The number of amides is 1. The highest BCUT2D eigenvalue weighted by Gasteiger charge is 2.23. The first-order valence-corrected chi connectivity index (χ1v) is 9.92. The number of hydrogen-bond acceptors (Lipinski definition) is 6. The zero-order valence-electron chi connectivity index (χ0n) is 16.8. The summed E-state index contributed by atoms with van der Waals surface area (Å²) in [7, 11) is 0. The van der Waals surface area contributed by atoms with Crippen molar-refractivity contribution in [2.45, 2.75) is 19.9 Å². The molecule has 4 heterocycles. The summed E-state index contributed by atoms with van der Waals surface area (Å²) in [4.78, 5) is 25.8. The van der Waals surface area contributed by atoms with E-state index in [1.807, 2.05) is 13.0 Å². The van der Waals surface area contributed by atoms with Gasteiger partial charge in [0.1, 0.15) is 28.8 Å². The van der Waals surface area contributed by atoms with Crippen LogP contribution in [0.15, 0.2) is 42.6 Å². The number of rotatable bonds is 5. The third-order valence-electron chi connectivity index (χ3n) is 5.33. The van der Waals surface area contributed by atoms with E-state index >= 15 is 0 Å². The lowest BCUT2D eigenvalue weighted by Gasteiger charge is -2.12. The second-order valence-electron chi connectivity index (χ2n) is 7.41. The Morgan fingerprint density at radius 1 is 1.26 bits per heavy atom. The van der Waals surface area contributed by atoms with Gasteiger partial charge in [0.25, 0.3) is 5.91 Å². The Morgan fingerprint density at radius 2 is 2.13 bits per heavy atom. The first-order chi connectivity index (χ1) is 15.0. The number of carbonyl (C=O) groups is 1. The lowest BCUT2D eigenvalue weighted by molar-refractivity contribution is 0.100. The third-order valence-corrected chi connectivity index (χ3v) is 5.33. The number of nitrogens with zero attached hydrogens (tertiary/aromatic N) is 4. The molecule has 0 fully saturated rings. The van der Waals surface area contributed by atoms with Crippen LogP contribution < -0.4 is 16.4 Å². The molecule has 0 unspecified atom stereocenters. The first-order valence-electron chi connectivity index (χ1n) is 9.92. The summed E-state index contributed by atoms with van der Waals surface area (Å²) in [6.45, 7) is 3.04. The molecule has 0 saturated carbocycles. The van der Waals surface area contributed by atoms with Gasteiger partial charge in [-0.1, -0.05) is 12.1 Å². The van der Waals surface area contributed by atoms with Crippen molar-refractivity contribution in [2.24, 2.45) is 5.73 Å². The molecule has 9 heteroatoms. The second-order valence-corrected chi connectivity index (χ2v) is 7.41. The number of imidazole rings is 1. The van der Waals surface area contributed by atoms with Crippen molar-refractivity contribution in [1.82, 2.24) is 19.4 Å². The highest BCUT2D eigenvalue weighted by Crippen LogP contribution is 2.32. The molecule has 0 atom stereocenters. The maximum atomic E-state index is 13.5. The predicted molar refractivity (Wildman–Crippen MR) is 115 cm³/mol. The molecular formula is C22H20FN7O. The molecule has 31 heavy (non-hydrogen) atoms. The largest absolute Gasteiger partial charge is 0.369 e. The number of primary amides is 1. The number of nitrogens with two attached hydrogens (primary N) is 1. The number of carbonyl (C=O) groups excluding carboxylic acids is 1. The van der Waals surface area contributed by atoms with Crippen LogP contribution in [0, 0.1) is 12.7 Å². The highest BCUT2D eigenvalue weighted by molar-refractivity contribution is 5.99. The van der Waals surface area contributed by atoms with Gasteiger partial charge < -0.3 is 16.4 Å². The number of fused-ring (bicyclic) bond motifs is 2. The van der Waals surface area contributed by atoms with Crippen LogP contribution in [0.3, 0.4) is 0 Å². The van der Waals surface area contributed by atoms with Gasteiger partial charge in [-0.25, -0.2) is 19.3 Å². The van der Waals surface area contributed by atoms with E-state index in [0.717, 1.165) is 29.9 Å². The summed E-state index contributed by atoms with van der Waals surface area (Å²) < 4.78 is 15.3. The van der Waals surface area contributed by atoms with Crippen LogP contribution in [-0.4, -0.2) is 31.8 Å². The average Bonchev–Trinajstić information content (AvgIpc) is 3.35. The minimum atomic E-state index is -0.545. The monoisotopic (exact) mass is 417 g/mol. The van der Waals surface area contributed by atoms with Crippen molar-refractivity contribution >= 4 is 23.2 Å². The standard InChI is InChI=1S/C22H20FN7O/c1-12-17(30-9-3-6-15(18(24)31)22(30)27-12)21-28-19-16(7-8-25-19)20(29-21)26-11-13-4-2-5-14(23)10-13/h2-6,9-10H,7-8,11H2,1H3,(H2,24,31)(H2,25,26,28,29). The van der Waals surface area contributed by atoms with Crippen molar-refractivity contribution in [1.29, 1.82) is 0 Å². The normalized spacial score (nSPS) is 12.6. The summed E-state index contributed by atoms with van der Waals surface area (Å²) in [6, 6.07) is 9.84. The summed E-state index contributed by atoms with van der Waals surface area (Å²) in [6.07, 6.45) is 2.60. The van der Waals surface area contributed by atoms with Crippen molar-refractivity contribution in [2.75, 3.05) is 17.2 Å². The van der Waals surface area contributed by atoms with Crippen LogP contribution in [0.1, 0.15) is 27.2 Å². The van der Waals surface area contributed by atoms with E-state index in [2.05, 4.69) is 15.6 Å². The minimum absolute atomic E-state index is 0.277. The van der Waals surface area contributed by atoms with Gasteiger partial charge in [-0.05, 0) is 43.2 Å². The van der Waals surface area contributed by atoms with Crippen molar-refractivity contribution in [3.8, 4) is 11.5 Å². The Kier molecular flexibility index (Phi) is 4.50. The Balaban J connectivity index is 1.60. The van der Waals surface area contributed by atoms with Gasteiger partial charge in [-0.3, -0.25) is 9.20 Å². The van der Waals surface area contributed by atoms with E-state index in [4.69, 9.17) is 15.7 Å². The Labute approximate surface area is 177 Å². The fourth-order valence-corrected chi connectivity index (χ4v) is 3.90. The van der Waals surface area contributed by atoms with Crippen LogP contribution in [0.2, 0.25) is 0 Å². The van der Waals surface area contributed by atoms with Gasteiger partial charge in [0, 0.05) is 24.8 Å². The molecule has 8 nitrogen and oxygen atoms in total. The Bertz CT molecular complexity index is 1330. The molecule has 4 aromatic rings. The minimum Gasteiger partial charge on any atom is -0.369 e. The molecule has 156 valence electrons. The van der Waals surface area contributed by atoms with Gasteiger partial charge in [-0.2, -0.15) is 0 Å². The Morgan fingerprint density at radius 3 is 2.94 bits per heavy atom. The number of benzene rings is 1. The molecule has 0 saturated heterocycles. The molecule has 4 N–H and O–H groups in total. The quantitative estimate of drug-likeness (QED) is 0.461. The van der Waals surface area contributed by atoms with E-state index in [0.29, 0.717) is 40.8 Å². The zero-order chi connectivity index (χ0) is 21.5. The number of halogens is 1. The Hall–Kier alpha value is -4.01. The van der Waals surface area contributed by atoms with Crippen LogP contribution >= 0.6 is 0 Å². The lowest BCUT2D eigenvalue weighted by Crippen LogP contribution is -2.12. The number of hydrogen-bond donors (Lipinski definition) is 3. The maximum Gasteiger partial charge on any atom is 0.252 e. The topological polar surface area (TPSA) is 110 Å². The number of anilines is 2. The van der Waals surface area contributed by atoms with Gasteiger partial charge in [0.15, 0.2) is 5.82 Å². The summed E-state index contributed by atoms with van der Waals surface area (Å²) in [5.74, 6) is 1.10. The van der Waals surface area contributed by atoms with Gasteiger partial charge in [-0.15, -0.1) is 0 Å². The number of aromatic nitrogens is 4. The SMILES string of the molecule is Cc1nc2c(C(N)=O)cccn2c1-c1nc2c(c(NCc3cccc(F)c3)n1)CCN2. The molecule has 0 aliphatic carbocycles. The van der Waals surface area contributed by atoms with E-state index in [1.54, 1.807) is 28.8 Å². The fourth-order valence-electron chi connectivity index (χ4n) is 3.90. The highest BCUT2D eigenvalue weighted by atomic mass is 19.1. The molecule has 5 rings (SSSR count). The van der Waals surface area contributed by atoms with Gasteiger partial charge in [0.05, 0.1) is 11.3 Å². The van der Waals surface area contributed by atoms with Crippen molar-refractivity contribution in [3.63, 3.8) is 0 Å². The molecule has 1 aliphatic rings. The number of nitrogens with one attached hydrogen (secondary N) is 2. The van der Waals surface area contributed by atoms with E-state index in [1.165, 1.54) is 12.1 Å². The number of aryl methyl sites for hydroxylation is 1. The smallest absolute Gasteiger partial charge is 0.252 e. The van der Waals surface area contributed by atoms with Crippen molar-refractivity contribution < 1.29 is 9.18 Å². The fraction of sp³-hybridized carbons (Fsp3) is 0.182. The van der Waals surface area contributed by atoms with Gasteiger partial charge >= 0.3 is 0 Å². The molecule has 1 amide bonds.